The molecular formula is C23H28N6O. The first-order valence-electron chi connectivity index (χ1n) is 10.7. The SMILES string of the molecule is CCc1cc(=O)[nH]c(-c2ccc(NCc3ccnc(N4CCCCCC4)c3)nc2)n1. The van der Waals surface area contributed by atoms with Crippen LogP contribution in [-0.4, -0.2) is 33.0 Å². The Labute approximate surface area is 176 Å². The van der Waals surface area contributed by atoms with Crippen LogP contribution in [0.1, 0.15) is 43.9 Å². The van der Waals surface area contributed by atoms with Crippen LogP contribution >= 0.6 is 0 Å². The van der Waals surface area contributed by atoms with Crippen molar-refractivity contribution in [2.75, 3.05) is 23.3 Å². The first kappa shape index (κ1) is 20.1. The van der Waals surface area contributed by atoms with E-state index in [1.54, 1.807) is 6.20 Å². The maximum atomic E-state index is 11.8. The first-order chi connectivity index (χ1) is 14.7. The predicted molar refractivity (Wildman–Crippen MR) is 120 cm³/mol. The summed E-state index contributed by atoms with van der Waals surface area (Å²) in [5.74, 6) is 2.39. The topological polar surface area (TPSA) is 86.8 Å². The molecule has 4 heterocycles. The molecule has 0 atom stereocenters. The lowest BCUT2D eigenvalue weighted by Crippen LogP contribution is -2.25. The molecule has 2 N–H and O–H groups in total. The summed E-state index contributed by atoms with van der Waals surface area (Å²) in [4.78, 5) is 30.5. The Hall–Kier alpha value is -3.22. The summed E-state index contributed by atoms with van der Waals surface area (Å²) >= 11 is 0. The molecule has 1 aliphatic heterocycles. The third-order valence-corrected chi connectivity index (χ3v) is 5.41. The Morgan fingerprint density at radius 3 is 2.63 bits per heavy atom. The minimum absolute atomic E-state index is 0.142. The second-order valence-electron chi connectivity index (χ2n) is 7.65. The lowest BCUT2D eigenvalue weighted by Gasteiger charge is -2.21. The molecule has 0 spiro atoms. The summed E-state index contributed by atoms with van der Waals surface area (Å²) in [6, 6.07) is 9.56. The first-order valence-corrected chi connectivity index (χ1v) is 10.7. The van der Waals surface area contributed by atoms with Gasteiger partial charge in [-0.05, 0) is 49.1 Å². The van der Waals surface area contributed by atoms with Gasteiger partial charge in [-0.2, -0.15) is 0 Å². The van der Waals surface area contributed by atoms with Crippen molar-refractivity contribution in [3.8, 4) is 11.4 Å². The van der Waals surface area contributed by atoms with E-state index in [4.69, 9.17) is 0 Å². The third-order valence-electron chi connectivity index (χ3n) is 5.41. The Balaban J connectivity index is 1.41. The van der Waals surface area contributed by atoms with Crippen molar-refractivity contribution in [2.45, 2.75) is 45.6 Å². The van der Waals surface area contributed by atoms with Crippen molar-refractivity contribution in [1.82, 2.24) is 19.9 Å². The van der Waals surface area contributed by atoms with Crippen molar-refractivity contribution < 1.29 is 0 Å². The molecule has 1 fully saturated rings. The van der Waals surface area contributed by atoms with E-state index in [2.05, 4.69) is 36.2 Å². The fourth-order valence-electron chi connectivity index (χ4n) is 3.70. The standard InChI is InChI=1S/C23H28N6O/c1-2-19-14-22(30)28-23(27-19)18-7-8-20(26-16-18)25-15-17-9-10-24-21(13-17)29-11-5-3-4-6-12-29/h7-10,13-14,16H,2-6,11-12,15H2,1H3,(H,25,26)(H,27,28,30). The summed E-state index contributed by atoms with van der Waals surface area (Å²) in [6.45, 7) is 4.83. The number of nitrogens with zero attached hydrogens (tertiary/aromatic N) is 4. The van der Waals surface area contributed by atoms with Crippen LogP contribution in [0.3, 0.4) is 0 Å². The highest BCUT2D eigenvalue weighted by Crippen LogP contribution is 2.19. The molecule has 7 nitrogen and oxygen atoms in total. The number of aromatic amines is 1. The number of rotatable bonds is 6. The predicted octanol–water partition coefficient (Wildman–Crippen LogP) is 3.78. The quantitative estimate of drug-likeness (QED) is 0.650. The Kier molecular flexibility index (Phi) is 6.37. The van der Waals surface area contributed by atoms with Gasteiger partial charge in [0, 0.05) is 49.4 Å². The number of nitrogens with one attached hydrogen (secondary N) is 2. The number of aromatic nitrogens is 4. The number of hydrogen-bond acceptors (Lipinski definition) is 6. The molecule has 0 saturated carbocycles. The van der Waals surface area contributed by atoms with Gasteiger partial charge in [0.15, 0.2) is 0 Å². The Morgan fingerprint density at radius 1 is 1.07 bits per heavy atom. The lowest BCUT2D eigenvalue weighted by atomic mass is 10.2. The van der Waals surface area contributed by atoms with Crippen molar-refractivity contribution in [3.05, 3.63) is 64.3 Å². The van der Waals surface area contributed by atoms with E-state index < -0.39 is 0 Å². The van der Waals surface area contributed by atoms with E-state index in [0.717, 1.165) is 42.4 Å². The zero-order chi connectivity index (χ0) is 20.8. The van der Waals surface area contributed by atoms with Crippen molar-refractivity contribution in [1.29, 1.82) is 0 Å². The molecule has 7 heteroatoms. The van der Waals surface area contributed by atoms with E-state index in [0.29, 0.717) is 12.4 Å². The maximum Gasteiger partial charge on any atom is 0.251 e. The van der Waals surface area contributed by atoms with Crippen LogP contribution in [0.2, 0.25) is 0 Å². The Bertz CT molecular complexity index is 1020. The second-order valence-corrected chi connectivity index (χ2v) is 7.65. The zero-order valence-electron chi connectivity index (χ0n) is 17.4. The van der Waals surface area contributed by atoms with Gasteiger partial charge >= 0.3 is 0 Å². The maximum absolute atomic E-state index is 11.8. The van der Waals surface area contributed by atoms with Crippen LogP contribution in [0.25, 0.3) is 11.4 Å². The van der Waals surface area contributed by atoms with Gasteiger partial charge in [-0.15, -0.1) is 0 Å². The molecule has 0 radical (unpaired) electrons. The number of hydrogen-bond donors (Lipinski definition) is 2. The largest absolute Gasteiger partial charge is 0.366 e. The Morgan fingerprint density at radius 2 is 1.90 bits per heavy atom. The van der Waals surface area contributed by atoms with Gasteiger partial charge in [0.1, 0.15) is 17.5 Å². The minimum Gasteiger partial charge on any atom is -0.366 e. The zero-order valence-corrected chi connectivity index (χ0v) is 17.4. The average Bonchev–Trinajstić information content (AvgIpc) is 3.07. The molecule has 3 aromatic rings. The van der Waals surface area contributed by atoms with Gasteiger partial charge < -0.3 is 15.2 Å². The van der Waals surface area contributed by atoms with Crippen molar-refractivity contribution in [2.24, 2.45) is 0 Å². The fraction of sp³-hybridized carbons (Fsp3) is 0.391. The average molecular weight is 405 g/mol. The third kappa shape index (κ3) is 5.03. The summed E-state index contributed by atoms with van der Waals surface area (Å²) in [5.41, 5.74) is 2.60. The molecule has 1 aliphatic rings. The van der Waals surface area contributed by atoms with Gasteiger partial charge in [0.25, 0.3) is 5.56 Å². The van der Waals surface area contributed by atoms with E-state index >= 15 is 0 Å². The summed E-state index contributed by atoms with van der Waals surface area (Å²) in [7, 11) is 0. The molecule has 0 unspecified atom stereocenters. The van der Waals surface area contributed by atoms with Crippen LogP contribution in [0, 0.1) is 0 Å². The van der Waals surface area contributed by atoms with E-state index in [-0.39, 0.29) is 5.56 Å². The highest BCUT2D eigenvalue weighted by molar-refractivity contribution is 5.56. The lowest BCUT2D eigenvalue weighted by molar-refractivity contribution is 0.726. The van der Waals surface area contributed by atoms with Crippen molar-refractivity contribution in [3.63, 3.8) is 0 Å². The number of pyridine rings is 2. The molecular weight excluding hydrogens is 376 g/mol. The van der Waals surface area contributed by atoms with Crippen LogP contribution < -0.4 is 15.8 Å². The molecule has 30 heavy (non-hydrogen) atoms. The number of anilines is 2. The number of aryl methyl sites for hydroxylation is 1. The van der Waals surface area contributed by atoms with Crippen LogP contribution in [-0.2, 0) is 13.0 Å². The van der Waals surface area contributed by atoms with Gasteiger partial charge in [0.05, 0.1) is 0 Å². The molecule has 0 aliphatic carbocycles. The molecule has 0 aromatic carbocycles. The van der Waals surface area contributed by atoms with Gasteiger partial charge in [-0.25, -0.2) is 15.0 Å². The summed E-state index contributed by atoms with van der Waals surface area (Å²) in [6.07, 6.45) is 9.43. The van der Waals surface area contributed by atoms with Crippen LogP contribution in [0.5, 0.6) is 0 Å². The van der Waals surface area contributed by atoms with Crippen LogP contribution in [0.15, 0.2) is 47.5 Å². The van der Waals surface area contributed by atoms with Gasteiger partial charge in [-0.3, -0.25) is 4.79 Å². The van der Waals surface area contributed by atoms with E-state index in [9.17, 15) is 4.79 Å². The normalized spacial score (nSPS) is 14.4. The molecule has 0 amide bonds. The van der Waals surface area contributed by atoms with E-state index in [1.807, 2.05) is 31.3 Å². The molecule has 156 valence electrons. The highest BCUT2D eigenvalue weighted by Gasteiger charge is 2.11. The van der Waals surface area contributed by atoms with Crippen LogP contribution in [0.4, 0.5) is 11.6 Å². The monoisotopic (exact) mass is 404 g/mol. The van der Waals surface area contributed by atoms with Crippen molar-refractivity contribution >= 4 is 11.6 Å². The smallest absolute Gasteiger partial charge is 0.251 e. The summed E-state index contributed by atoms with van der Waals surface area (Å²) < 4.78 is 0. The second kappa shape index (κ2) is 9.52. The highest BCUT2D eigenvalue weighted by atomic mass is 16.1. The van der Waals surface area contributed by atoms with Gasteiger partial charge in [0.2, 0.25) is 0 Å². The molecule has 4 rings (SSSR count). The minimum atomic E-state index is -0.142. The van der Waals surface area contributed by atoms with E-state index in [1.165, 1.54) is 37.3 Å². The molecule has 3 aromatic heterocycles. The van der Waals surface area contributed by atoms with Gasteiger partial charge in [-0.1, -0.05) is 19.8 Å². The number of H-pyrrole nitrogens is 1. The molecule has 0 bridgehead atoms. The summed E-state index contributed by atoms with van der Waals surface area (Å²) in [5, 5.41) is 3.37. The molecule has 1 saturated heterocycles. The fourth-order valence-corrected chi connectivity index (χ4v) is 3.70.